The lowest BCUT2D eigenvalue weighted by molar-refractivity contribution is -0.115. The Balaban J connectivity index is 1.70. The predicted molar refractivity (Wildman–Crippen MR) is 97.3 cm³/mol. The zero-order valence-electron chi connectivity index (χ0n) is 13.6. The molecule has 3 aromatic rings. The number of aromatic hydroxyl groups is 1. The normalized spacial score (nSPS) is 10.6. The van der Waals surface area contributed by atoms with Crippen LogP contribution in [0, 0.1) is 0 Å². The maximum atomic E-state index is 12.2. The van der Waals surface area contributed by atoms with Crippen molar-refractivity contribution in [2.45, 2.75) is 6.04 Å². The number of hydrogen-bond donors (Lipinski definition) is 3. The van der Waals surface area contributed by atoms with Crippen LogP contribution in [0.15, 0.2) is 79.1 Å². The van der Waals surface area contributed by atoms with Crippen molar-refractivity contribution in [3.8, 4) is 5.75 Å². The number of rotatable bonds is 6. The Labute approximate surface area is 146 Å². The summed E-state index contributed by atoms with van der Waals surface area (Å²) in [5.74, 6) is -0.193. The molecule has 0 saturated carbocycles. The second-order valence-corrected chi connectivity index (χ2v) is 5.62. The highest BCUT2D eigenvalue weighted by molar-refractivity contribution is 5.92. The zero-order valence-corrected chi connectivity index (χ0v) is 13.6. The van der Waals surface area contributed by atoms with E-state index in [9.17, 15) is 9.90 Å². The summed E-state index contributed by atoms with van der Waals surface area (Å²) >= 11 is 0. The van der Waals surface area contributed by atoms with Gasteiger partial charge in [0.05, 0.1) is 30.7 Å². The maximum Gasteiger partial charge on any atom is 0.238 e. The molecule has 5 heteroatoms. The van der Waals surface area contributed by atoms with Crippen LogP contribution in [0.25, 0.3) is 0 Å². The molecule has 0 fully saturated rings. The average molecular weight is 333 g/mol. The van der Waals surface area contributed by atoms with Crippen molar-refractivity contribution >= 4 is 11.6 Å². The van der Waals surface area contributed by atoms with Gasteiger partial charge >= 0.3 is 0 Å². The van der Waals surface area contributed by atoms with E-state index in [1.807, 2.05) is 60.7 Å². The standard InChI is InChI=1S/C20H19N3O2/c24-18-11-17(12-21-13-18)23-19(25)14-22-20(15-7-3-1-4-8-15)16-9-5-2-6-10-16/h1-13,20,22,24H,14H2,(H,23,25). The molecule has 126 valence electrons. The third-order valence-electron chi connectivity index (χ3n) is 3.74. The van der Waals surface area contributed by atoms with E-state index in [1.54, 1.807) is 0 Å². The van der Waals surface area contributed by atoms with E-state index >= 15 is 0 Å². The SMILES string of the molecule is O=C(CNC(c1ccccc1)c1ccccc1)Nc1cncc(O)c1. The molecule has 3 N–H and O–H groups in total. The summed E-state index contributed by atoms with van der Waals surface area (Å²) in [6.45, 7) is 0.129. The lowest BCUT2D eigenvalue weighted by Crippen LogP contribution is -2.31. The van der Waals surface area contributed by atoms with Gasteiger partial charge in [-0.1, -0.05) is 60.7 Å². The molecule has 25 heavy (non-hydrogen) atoms. The number of carbonyl (C=O) groups excluding carboxylic acids is 1. The molecule has 0 saturated heterocycles. The minimum absolute atomic E-state index is 0.0113. The smallest absolute Gasteiger partial charge is 0.238 e. The van der Waals surface area contributed by atoms with Crippen molar-refractivity contribution in [3.63, 3.8) is 0 Å². The van der Waals surface area contributed by atoms with Crippen LogP contribution >= 0.6 is 0 Å². The Kier molecular flexibility index (Phi) is 5.39. The summed E-state index contributed by atoms with van der Waals surface area (Å²) < 4.78 is 0. The lowest BCUT2D eigenvalue weighted by atomic mass is 9.99. The van der Waals surface area contributed by atoms with Crippen LogP contribution in [0.2, 0.25) is 0 Å². The van der Waals surface area contributed by atoms with Crippen LogP contribution in [-0.2, 0) is 4.79 Å². The Bertz CT molecular complexity index is 783. The molecule has 1 aromatic heterocycles. The molecular weight excluding hydrogens is 314 g/mol. The number of pyridine rings is 1. The van der Waals surface area contributed by atoms with Crippen molar-refractivity contribution < 1.29 is 9.90 Å². The number of benzene rings is 2. The molecule has 1 heterocycles. The molecule has 1 amide bonds. The highest BCUT2D eigenvalue weighted by Gasteiger charge is 2.14. The van der Waals surface area contributed by atoms with Crippen LogP contribution in [0.5, 0.6) is 5.75 Å². The highest BCUT2D eigenvalue weighted by Crippen LogP contribution is 2.21. The summed E-state index contributed by atoms with van der Waals surface area (Å²) in [6.07, 6.45) is 2.80. The fourth-order valence-corrected chi connectivity index (χ4v) is 2.62. The average Bonchev–Trinajstić information content (AvgIpc) is 2.64. The monoisotopic (exact) mass is 333 g/mol. The number of anilines is 1. The van der Waals surface area contributed by atoms with Crippen molar-refractivity contribution in [2.24, 2.45) is 0 Å². The van der Waals surface area contributed by atoms with Crippen molar-refractivity contribution in [3.05, 3.63) is 90.3 Å². The van der Waals surface area contributed by atoms with Gasteiger partial charge in [-0.25, -0.2) is 0 Å². The number of hydrogen-bond acceptors (Lipinski definition) is 4. The summed E-state index contributed by atoms with van der Waals surface area (Å²) in [6, 6.07) is 21.3. The first-order chi connectivity index (χ1) is 12.2. The fourth-order valence-electron chi connectivity index (χ4n) is 2.62. The van der Waals surface area contributed by atoms with Gasteiger partial charge in [-0.05, 0) is 11.1 Å². The highest BCUT2D eigenvalue weighted by atomic mass is 16.3. The first kappa shape index (κ1) is 16.7. The summed E-state index contributed by atoms with van der Waals surface area (Å²) in [5, 5.41) is 15.4. The fraction of sp³-hybridized carbons (Fsp3) is 0.100. The van der Waals surface area contributed by atoms with E-state index in [0.29, 0.717) is 5.69 Å². The second-order valence-electron chi connectivity index (χ2n) is 5.62. The lowest BCUT2D eigenvalue weighted by Gasteiger charge is -2.19. The van der Waals surface area contributed by atoms with E-state index in [1.165, 1.54) is 18.5 Å². The van der Waals surface area contributed by atoms with Gasteiger partial charge in [-0.15, -0.1) is 0 Å². The number of amides is 1. The zero-order chi connectivity index (χ0) is 17.5. The summed E-state index contributed by atoms with van der Waals surface area (Å²) in [7, 11) is 0. The van der Waals surface area contributed by atoms with Crippen LogP contribution in [0.4, 0.5) is 5.69 Å². The largest absolute Gasteiger partial charge is 0.506 e. The van der Waals surface area contributed by atoms with E-state index in [-0.39, 0.29) is 24.2 Å². The molecule has 0 aliphatic rings. The van der Waals surface area contributed by atoms with Gasteiger partial charge in [-0.3, -0.25) is 15.1 Å². The predicted octanol–water partition coefficient (Wildman–Crippen LogP) is 3.10. The Morgan fingerprint density at radius 1 is 0.960 bits per heavy atom. The van der Waals surface area contributed by atoms with E-state index < -0.39 is 0 Å². The molecule has 2 aromatic carbocycles. The molecular formula is C20H19N3O2. The molecule has 0 aliphatic heterocycles. The quantitative estimate of drug-likeness (QED) is 0.648. The third kappa shape index (κ3) is 4.65. The summed E-state index contributed by atoms with van der Waals surface area (Å²) in [4.78, 5) is 16.1. The molecule has 3 rings (SSSR count). The molecule has 5 nitrogen and oxygen atoms in total. The van der Waals surface area contributed by atoms with E-state index in [2.05, 4.69) is 15.6 Å². The number of aromatic nitrogens is 1. The first-order valence-corrected chi connectivity index (χ1v) is 7.99. The van der Waals surface area contributed by atoms with Crippen LogP contribution in [-0.4, -0.2) is 22.5 Å². The van der Waals surface area contributed by atoms with Gasteiger partial charge in [-0.2, -0.15) is 0 Å². The van der Waals surface area contributed by atoms with Crippen LogP contribution in [0.1, 0.15) is 17.2 Å². The number of nitrogens with zero attached hydrogens (tertiary/aromatic N) is 1. The molecule has 0 radical (unpaired) electrons. The van der Waals surface area contributed by atoms with Crippen molar-refractivity contribution in [1.82, 2.24) is 10.3 Å². The molecule has 0 unspecified atom stereocenters. The Hall–Kier alpha value is -3.18. The first-order valence-electron chi connectivity index (χ1n) is 7.99. The molecule has 0 aliphatic carbocycles. The van der Waals surface area contributed by atoms with E-state index in [0.717, 1.165) is 11.1 Å². The maximum absolute atomic E-state index is 12.2. The molecule has 0 spiro atoms. The number of carbonyl (C=O) groups is 1. The van der Waals surface area contributed by atoms with Gasteiger partial charge < -0.3 is 10.4 Å². The second kappa shape index (κ2) is 8.08. The van der Waals surface area contributed by atoms with Crippen molar-refractivity contribution in [1.29, 1.82) is 0 Å². The van der Waals surface area contributed by atoms with Crippen molar-refractivity contribution in [2.75, 3.05) is 11.9 Å². The van der Waals surface area contributed by atoms with Gasteiger partial charge in [0, 0.05) is 6.07 Å². The van der Waals surface area contributed by atoms with Gasteiger partial charge in [0.2, 0.25) is 5.91 Å². The number of nitrogens with one attached hydrogen (secondary N) is 2. The van der Waals surface area contributed by atoms with Gasteiger partial charge in [0.1, 0.15) is 5.75 Å². The van der Waals surface area contributed by atoms with Gasteiger partial charge in [0.25, 0.3) is 0 Å². The topological polar surface area (TPSA) is 74.2 Å². The van der Waals surface area contributed by atoms with E-state index in [4.69, 9.17) is 0 Å². The third-order valence-corrected chi connectivity index (χ3v) is 3.74. The molecule has 0 bridgehead atoms. The minimum Gasteiger partial charge on any atom is -0.506 e. The van der Waals surface area contributed by atoms with Gasteiger partial charge in [0.15, 0.2) is 0 Å². The Morgan fingerprint density at radius 3 is 2.12 bits per heavy atom. The molecule has 0 atom stereocenters. The Morgan fingerprint density at radius 2 is 1.56 bits per heavy atom. The minimum atomic E-state index is -0.204. The van der Waals surface area contributed by atoms with Crippen LogP contribution < -0.4 is 10.6 Å². The van der Waals surface area contributed by atoms with Crippen LogP contribution in [0.3, 0.4) is 0 Å². The summed E-state index contributed by atoms with van der Waals surface area (Å²) in [5.41, 5.74) is 2.63.